The number of nitrogens with zero attached hydrogens (tertiary/aromatic N) is 1. The van der Waals surface area contributed by atoms with Crippen molar-refractivity contribution < 1.29 is 19.2 Å². The Labute approximate surface area is 148 Å². The summed E-state index contributed by atoms with van der Waals surface area (Å²) in [5.41, 5.74) is 7.18. The van der Waals surface area contributed by atoms with E-state index in [2.05, 4.69) is 10.5 Å². The van der Waals surface area contributed by atoms with Gasteiger partial charge in [0.2, 0.25) is 0 Å². The van der Waals surface area contributed by atoms with Crippen molar-refractivity contribution in [1.29, 1.82) is 0 Å². The van der Waals surface area contributed by atoms with Gasteiger partial charge < -0.3 is 20.7 Å². The zero-order chi connectivity index (χ0) is 17.8. The molecule has 2 heterocycles. The highest BCUT2D eigenvalue weighted by Crippen LogP contribution is 2.42. The van der Waals surface area contributed by atoms with Crippen molar-refractivity contribution in [2.45, 2.75) is 36.0 Å². The summed E-state index contributed by atoms with van der Waals surface area (Å²) in [5.74, 6) is -0.453. The van der Waals surface area contributed by atoms with Crippen molar-refractivity contribution in [3.05, 3.63) is 35.5 Å². The number of aliphatic carboxylic acids is 1. The molecular weight excluding hydrogens is 342 g/mol. The molecule has 132 valence electrons. The Morgan fingerprint density at radius 2 is 2.16 bits per heavy atom. The maximum Gasteiger partial charge on any atom is 0.326 e. The highest BCUT2D eigenvalue weighted by Gasteiger charge is 2.29. The van der Waals surface area contributed by atoms with Crippen LogP contribution in [0, 0.1) is 0 Å². The van der Waals surface area contributed by atoms with Crippen LogP contribution in [-0.2, 0) is 10.5 Å². The molecule has 25 heavy (non-hydrogen) atoms. The second kappa shape index (κ2) is 7.71. The fourth-order valence-electron chi connectivity index (χ4n) is 2.74. The van der Waals surface area contributed by atoms with Gasteiger partial charge in [-0.3, -0.25) is 4.79 Å². The highest BCUT2D eigenvalue weighted by atomic mass is 32.2. The van der Waals surface area contributed by atoms with Gasteiger partial charge in [0.15, 0.2) is 11.5 Å². The topological polar surface area (TPSA) is 118 Å². The largest absolute Gasteiger partial charge is 0.480 e. The first-order chi connectivity index (χ1) is 12.1. The molecule has 1 aromatic heterocycles. The van der Waals surface area contributed by atoms with Crippen LogP contribution < -0.4 is 11.1 Å². The Kier molecular flexibility index (Phi) is 5.40. The van der Waals surface area contributed by atoms with Crippen LogP contribution in [0.2, 0.25) is 0 Å². The fourth-order valence-corrected chi connectivity index (χ4v) is 3.80. The first-order valence-electron chi connectivity index (χ1n) is 8.06. The van der Waals surface area contributed by atoms with E-state index in [4.69, 9.17) is 10.3 Å². The molecule has 1 aromatic carbocycles. The van der Waals surface area contributed by atoms with Gasteiger partial charge in [0.05, 0.1) is 0 Å². The molecule has 1 atom stereocenters. The van der Waals surface area contributed by atoms with E-state index in [1.54, 1.807) is 11.8 Å². The lowest BCUT2D eigenvalue weighted by molar-refractivity contribution is -0.139. The second-order valence-corrected chi connectivity index (χ2v) is 6.79. The van der Waals surface area contributed by atoms with Gasteiger partial charge in [-0.15, -0.1) is 11.8 Å². The molecule has 1 aliphatic heterocycles. The summed E-state index contributed by atoms with van der Waals surface area (Å²) in [6.07, 6.45) is 1.68. The van der Waals surface area contributed by atoms with E-state index in [0.29, 0.717) is 42.9 Å². The van der Waals surface area contributed by atoms with Crippen molar-refractivity contribution in [3.8, 4) is 11.3 Å². The second-order valence-electron chi connectivity index (χ2n) is 5.77. The van der Waals surface area contributed by atoms with Crippen LogP contribution in [0.4, 0.5) is 0 Å². The Hall–Kier alpha value is -2.32. The average molecular weight is 361 g/mol. The van der Waals surface area contributed by atoms with E-state index >= 15 is 0 Å². The molecule has 0 fully saturated rings. The predicted molar refractivity (Wildman–Crippen MR) is 93.3 cm³/mol. The number of amides is 1. The molecule has 4 N–H and O–H groups in total. The molecule has 8 heteroatoms. The van der Waals surface area contributed by atoms with Gasteiger partial charge in [-0.05, 0) is 37.9 Å². The summed E-state index contributed by atoms with van der Waals surface area (Å²) in [7, 11) is 0. The van der Waals surface area contributed by atoms with Crippen molar-refractivity contribution in [2.75, 3.05) is 6.54 Å². The van der Waals surface area contributed by atoms with E-state index in [1.807, 2.05) is 24.3 Å². The van der Waals surface area contributed by atoms with Crippen molar-refractivity contribution in [3.63, 3.8) is 0 Å². The number of carboxylic acid groups (broad SMARTS) is 1. The zero-order valence-corrected chi connectivity index (χ0v) is 14.3. The molecule has 0 saturated carbocycles. The monoisotopic (exact) mass is 361 g/mol. The minimum Gasteiger partial charge on any atom is -0.480 e. The van der Waals surface area contributed by atoms with Crippen molar-refractivity contribution in [2.24, 2.45) is 5.73 Å². The third-order valence-electron chi connectivity index (χ3n) is 4.06. The lowest BCUT2D eigenvalue weighted by Gasteiger charge is -2.15. The number of rotatable bonds is 7. The number of nitrogens with two attached hydrogens (primary N) is 1. The third-order valence-corrected chi connectivity index (χ3v) is 5.16. The van der Waals surface area contributed by atoms with E-state index < -0.39 is 17.9 Å². The Bertz CT molecular complexity index is 790. The molecule has 2 aromatic rings. The van der Waals surface area contributed by atoms with Gasteiger partial charge in [-0.1, -0.05) is 17.3 Å². The van der Waals surface area contributed by atoms with Gasteiger partial charge in [0, 0.05) is 21.8 Å². The Morgan fingerprint density at radius 3 is 2.92 bits per heavy atom. The number of nitrogens with one attached hydrogen (secondary N) is 1. The minimum atomic E-state index is -1.07. The lowest BCUT2D eigenvalue weighted by atomic mass is 10.1. The molecule has 0 unspecified atom stereocenters. The number of unbranched alkanes of at least 4 members (excludes halogenated alkanes) is 1. The maximum absolute atomic E-state index is 12.5. The smallest absolute Gasteiger partial charge is 0.326 e. The summed E-state index contributed by atoms with van der Waals surface area (Å²) >= 11 is 1.60. The van der Waals surface area contributed by atoms with Crippen LogP contribution >= 0.6 is 11.8 Å². The van der Waals surface area contributed by atoms with Crippen LogP contribution in [-0.4, -0.2) is 34.7 Å². The molecule has 0 saturated heterocycles. The van der Waals surface area contributed by atoms with Crippen LogP contribution in [0.15, 0.2) is 33.7 Å². The molecular formula is C17H19N3O4S. The third kappa shape index (κ3) is 3.69. The number of aromatic nitrogens is 1. The number of carbonyl (C=O) groups is 2. The molecule has 0 bridgehead atoms. The summed E-state index contributed by atoms with van der Waals surface area (Å²) < 4.78 is 5.39. The molecule has 1 amide bonds. The van der Waals surface area contributed by atoms with Gasteiger partial charge in [0.25, 0.3) is 5.91 Å². The number of benzene rings is 1. The number of thioether (sulfide) groups is 1. The van der Waals surface area contributed by atoms with E-state index in [-0.39, 0.29) is 5.69 Å². The molecule has 3 rings (SSSR count). The average Bonchev–Trinajstić information content (AvgIpc) is 3.05. The minimum absolute atomic E-state index is 0.155. The number of hydrogen-bond acceptors (Lipinski definition) is 6. The van der Waals surface area contributed by atoms with Crippen LogP contribution in [0.25, 0.3) is 11.3 Å². The standard InChI is InChI=1S/C17H19N3O4S/c18-8-4-3-6-12(17(22)23)19-16(21)14-11-9-25-13-7-2-1-5-10(13)15(11)24-20-14/h1-2,5,7,12H,3-4,6,8-9,18H2,(H,19,21)(H,22,23)/t12-/m0/s1. The molecule has 0 radical (unpaired) electrons. The number of carbonyl (C=O) groups excluding carboxylic acids is 1. The zero-order valence-electron chi connectivity index (χ0n) is 13.5. The lowest BCUT2D eigenvalue weighted by Crippen LogP contribution is -2.41. The van der Waals surface area contributed by atoms with Gasteiger partial charge >= 0.3 is 5.97 Å². The van der Waals surface area contributed by atoms with Gasteiger partial charge in [-0.2, -0.15) is 0 Å². The van der Waals surface area contributed by atoms with E-state index in [1.165, 1.54) is 0 Å². The molecule has 0 spiro atoms. The summed E-state index contributed by atoms with van der Waals surface area (Å²) in [6.45, 7) is 0.494. The fraction of sp³-hybridized carbons (Fsp3) is 0.353. The van der Waals surface area contributed by atoms with Crippen molar-refractivity contribution >= 4 is 23.6 Å². The summed E-state index contributed by atoms with van der Waals surface area (Å²) in [5, 5.41) is 15.7. The number of carboxylic acids is 1. The van der Waals surface area contributed by atoms with Crippen LogP contribution in [0.1, 0.15) is 35.3 Å². The molecule has 0 aliphatic carbocycles. The Morgan fingerprint density at radius 1 is 1.36 bits per heavy atom. The van der Waals surface area contributed by atoms with Crippen LogP contribution in [0.3, 0.4) is 0 Å². The van der Waals surface area contributed by atoms with E-state index in [9.17, 15) is 14.7 Å². The quantitative estimate of drug-likeness (QED) is 0.647. The summed E-state index contributed by atoms with van der Waals surface area (Å²) in [4.78, 5) is 24.9. The van der Waals surface area contributed by atoms with Crippen molar-refractivity contribution in [1.82, 2.24) is 10.5 Å². The predicted octanol–water partition coefficient (Wildman–Crippen LogP) is 2.26. The molecule has 1 aliphatic rings. The number of hydrogen-bond donors (Lipinski definition) is 3. The van der Waals surface area contributed by atoms with Crippen LogP contribution in [0.5, 0.6) is 0 Å². The van der Waals surface area contributed by atoms with E-state index in [0.717, 1.165) is 10.5 Å². The first-order valence-corrected chi connectivity index (χ1v) is 9.05. The van der Waals surface area contributed by atoms with Gasteiger partial charge in [0.1, 0.15) is 6.04 Å². The highest BCUT2D eigenvalue weighted by molar-refractivity contribution is 7.98. The first kappa shape index (κ1) is 17.5. The Balaban J connectivity index is 1.78. The maximum atomic E-state index is 12.5. The summed E-state index contributed by atoms with van der Waals surface area (Å²) in [6, 6.07) is 6.78. The van der Waals surface area contributed by atoms with Gasteiger partial charge in [-0.25, -0.2) is 4.79 Å². The normalized spacial score (nSPS) is 13.6. The molecule has 7 nitrogen and oxygen atoms in total. The number of fused-ring (bicyclic) bond motifs is 3. The SMILES string of the molecule is NCCCC[C@H](NC(=O)c1noc2c1CSc1ccccc1-2)C(=O)O.